The summed E-state index contributed by atoms with van der Waals surface area (Å²) in [6.45, 7) is 2.53. The van der Waals surface area contributed by atoms with E-state index in [1.165, 1.54) is 0 Å². The van der Waals surface area contributed by atoms with Crippen LogP contribution in [0.2, 0.25) is 0 Å². The summed E-state index contributed by atoms with van der Waals surface area (Å²) in [5.74, 6) is 0.0519. The van der Waals surface area contributed by atoms with Crippen LogP contribution in [0.25, 0.3) is 0 Å². The third kappa shape index (κ3) is 1.51. The molecule has 1 aliphatic heterocycles. The second-order valence-corrected chi connectivity index (χ2v) is 4.22. The van der Waals surface area contributed by atoms with Crippen LogP contribution >= 0.6 is 0 Å². The Hall–Kier alpha value is -0.410. The van der Waals surface area contributed by atoms with Gasteiger partial charge in [0, 0.05) is 12.3 Å². The Kier molecular flexibility index (Phi) is 2.39. The largest absolute Gasteiger partial charge is 0.392 e. The van der Waals surface area contributed by atoms with Crippen LogP contribution in [-0.2, 0) is 9.53 Å². The number of hydrogen-bond donors (Lipinski definition) is 1. The van der Waals surface area contributed by atoms with Crippen molar-refractivity contribution in [2.24, 2.45) is 11.8 Å². The van der Waals surface area contributed by atoms with Gasteiger partial charge < -0.3 is 9.84 Å². The first-order chi connectivity index (χ1) is 6.20. The quantitative estimate of drug-likeness (QED) is 0.604. The molecule has 13 heavy (non-hydrogen) atoms. The summed E-state index contributed by atoms with van der Waals surface area (Å²) in [4.78, 5) is 11.5. The molecule has 4 unspecified atom stereocenters. The zero-order valence-electron chi connectivity index (χ0n) is 7.90. The Labute approximate surface area is 78.1 Å². The van der Waals surface area contributed by atoms with Crippen LogP contribution in [0.1, 0.15) is 26.2 Å². The number of carbonyl (C=O) groups is 1. The van der Waals surface area contributed by atoms with E-state index in [0.717, 1.165) is 12.8 Å². The highest BCUT2D eigenvalue weighted by Gasteiger charge is 2.43. The smallest absolute Gasteiger partial charge is 0.141 e. The lowest BCUT2D eigenvalue weighted by Crippen LogP contribution is -2.50. The number of ether oxygens (including phenoxy) is 1. The summed E-state index contributed by atoms with van der Waals surface area (Å²) in [6, 6.07) is 0. The van der Waals surface area contributed by atoms with E-state index in [-0.39, 0.29) is 23.7 Å². The number of aliphatic hydroxyl groups excluding tert-OH is 1. The summed E-state index contributed by atoms with van der Waals surface area (Å²) in [6.07, 6.45) is 1.98. The molecule has 0 aromatic heterocycles. The monoisotopic (exact) mass is 184 g/mol. The van der Waals surface area contributed by atoms with Gasteiger partial charge in [0.2, 0.25) is 0 Å². The predicted molar refractivity (Wildman–Crippen MR) is 47.3 cm³/mol. The van der Waals surface area contributed by atoms with E-state index in [0.29, 0.717) is 13.0 Å². The molecule has 0 bridgehead atoms. The summed E-state index contributed by atoms with van der Waals surface area (Å²) in [7, 11) is 0. The number of hydrogen-bond acceptors (Lipinski definition) is 3. The van der Waals surface area contributed by atoms with Gasteiger partial charge in [-0.15, -0.1) is 0 Å². The lowest BCUT2D eigenvalue weighted by Gasteiger charge is -2.40. The van der Waals surface area contributed by atoms with Crippen LogP contribution in [-0.4, -0.2) is 29.7 Å². The molecule has 3 heteroatoms. The highest BCUT2D eigenvalue weighted by Crippen LogP contribution is 2.33. The number of aliphatic hydroxyl groups is 1. The van der Waals surface area contributed by atoms with Gasteiger partial charge in [-0.1, -0.05) is 6.92 Å². The molecule has 0 aromatic carbocycles. The predicted octanol–water partition coefficient (Wildman–Crippen LogP) is 0.751. The maximum atomic E-state index is 11.5. The van der Waals surface area contributed by atoms with Gasteiger partial charge in [-0.05, 0) is 12.8 Å². The van der Waals surface area contributed by atoms with Crippen LogP contribution in [0.3, 0.4) is 0 Å². The van der Waals surface area contributed by atoms with E-state index in [9.17, 15) is 9.90 Å². The average molecular weight is 184 g/mol. The Bertz CT molecular complexity index is 212. The van der Waals surface area contributed by atoms with Gasteiger partial charge in [0.25, 0.3) is 0 Å². The fraction of sp³-hybridized carbons (Fsp3) is 0.900. The van der Waals surface area contributed by atoms with Crippen molar-refractivity contribution >= 4 is 5.78 Å². The fourth-order valence-corrected chi connectivity index (χ4v) is 2.36. The molecule has 0 spiro atoms. The molecule has 2 fully saturated rings. The molecule has 0 aromatic rings. The second kappa shape index (κ2) is 3.39. The summed E-state index contributed by atoms with van der Waals surface area (Å²) < 4.78 is 5.55. The van der Waals surface area contributed by atoms with Gasteiger partial charge >= 0.3 is 0 Å². The van der Waals surface area contributed by atoms with E-state index >= 15 is 0 Å². The average Bonchev–Trinajstić information content (AvgIpc) is 2.12. The van der Waals surface area contributed by atoms with Gasteiger partial charge in [0.1, 0.15) is 5.78 Å². The first kappa shape index (κ1) is 9.16. The molecule has 0 radical (unpaired) electrons. The minimum absolute atomic E-state index is 0.00699. The normalized spacial score (nSPS) is 45.8. The Morgan fingerprint density at radius 1 is 1.54 bits per heavy atom. The topological polar surface area (TPSA) is 46.5 Å². The van der Waals surface area contributed by atoms with Gasteiger partial charge in [0.05, 0.1) is 24.7 Å². The molecule has 4 atom stereocenters. The van der Waals surface area contributed by atoms with Crippen molar-refractivity contribution in [2.45, 2.75) is 38.4 Å². The van der Waals surface area contributed by atoms with Crippen molar-refractivity contribution in [1.29, 1.82) is 0 Å². The molecule has 1 saturated carbocycles. The highest BCUT2D eigenvalue weighted by molar-refractivity contribution is 5.83. The SMILES string of the molecule is CC1COC2CCCC(=O)C2C1O. The lowest BCUT2D eigenvalue weighted by molar-refractivity contribution is -0.160. The molecule has 1 heterocycles. The van der Waals surface area contributed by atoms with Crippen molar-refractivity contribution in [3.05, 3.63) is 0 Å². The second-order valence-electron chi connectivity index (χ2n) is 4.22. The third-order valence-electron chi connectivity index (χ3n) is 3.21. The maximum Gasteiger partial charge on any atom is 0.141 e. The molecule has 1 N–H and O–H groups in total. The first-order valence-electron chi connectivity index (χ1n) is 5.02. The van der Waals surface area contributed by atoms with Gasteiger partial charge in [-0.2, -0.15) is 0 Å². The van der Waals surface area contributed by atoms with Crippen molar-refractivity contribution in [2.75, 3.05) is 6.61 Å². The van der Waals surface area contributed by atoms with E-state index in [1.54, 1.807) is 0 Å². The first-order valence-corrected chi connectivity index (χ1v) is 5.02. The van der Waals surface area contributed by atoms with Gasteiger partial charge in [-0.25, -0.2) is 0 Å². The van der Waals surface area contributed by atoms with Crippen molar-refractivity contribution in [1.82, 2.24) is 0 Å². The summed E-state index contributed by atoms with van der Waals surface area (Å²) in [5.41, 5.74) is 0. The summed E-state index contributed by atoms with van der Waals surface area (Å²) in [5, 5.41) is 9.84. The van der Waals surface area contributed by atoms with Gasteiger partial charge in [-0.3, -0.25) is 4.79 Å². The number of rotatable bonds is 0. The Morgan fingerprint density at radius 2 is 2.31 bits per heavy atom. The molecule has 1 aliphatic carbocycles. The minimum Gasteiger partial charge on any atom is -0.392 e. The molecule has 2 rings (SSSR count). The van der Waals surface area contributed by atoms with Gasteiger partial charge in [0.15, 0.2) is 0 Å². The van der Waals surface area contributed by atoms with Crippen molar-refractivity contribution in [3.63, 3.8) is 0 Å². The molecule has 74 valence electrons. The molecular weight excluding hydrogens is 168 g/mol. The molecule has 3 nitrogen and oxygen atoms in total. The van der Waals surface area contributed by atoms with Crippen LogP contribution < -0.4 is 0 Å². The summed E-state index contributed by atoms with van der Waals surface area (Å²) >= 11 is 0. The Morgan fingerprint density at radius 3 is 3.08 bits per heavy atom. The van der Waals surface area contributed by atoms with E-state index in [1.807, 2.05) is 6.92 Å². The highest BCUT2D eigenvalue weighted by atomic mass is 16.5. The van der Waals surface area contributed by atoms with E-state index in [4.69, 9.17) is 4.74 Å². The van der Waals surface area contributed by atoms with Crippen LogP contribution in [0, 0.1) is 11.8 Å². The molecule has 0 amide bonds. The third-order valence-corrected chi connectivity index (χ3v) is 3.21. The zero-order chi connectivity index (χ0) is 9.42. The zero-order valence-corrected chi connectivity index (χ0v) is 7.90. The molecule has 1 saturated heterocycles. The lowest BCUT2D eigenvalue weighted by atomic mass is 9.76. The number of carbonyl (C=O) groups excluding carboxylic acids is 1. The molecule has 2 aliphatic rings. The molecular formula is C10H16O3. The van der Waals surface area contributed by atoms with E-state index in [2.05, 4.69) is 0 Å². The minimum atomic E-state index is -0.480. The number of fused-ring (bicyclic) bond motifs is 1. The standard InChI is InChI=1S/C10H16O3/c1-6-5-13-8-4-2-3-7(11)9(8)10(6)12/h6,8-10,12H,2-5H2,1H3. The number of Topliss-reactive ketones (excluding diaryl/α,β-unsaturated/α-hetero) is 1. The fourth-order valence-electron chi connectivity index (χ4n) is 2.36. The van der Waals surface area contributed by atoms with Crippen molar-refractivity contribution < 1.29 is 14.6 Å². The van der Waals surface area contributed by atoms with Crippen LogP contribution in [0.4, 0.5) is 0 Å². The van der Waals surface area contributed by atoms with Crippen LogP contribution in [0.15, 0.2) is 0 Å². The van der Waals surface area contributed by atoms with Crippen molar-refractivity contribution in [3.8, 4) is 0 Å². The number of ketones is 1. The van der Waals surface area contributed by atoms with Crippen LogP contribution in [0.5, 0.6) is 0 Å². The maximum absolute atomic E-state index is 11.5. The Balaban J connectivity index is 2.15. The van der Waals surface area contributed by atoms with E-state index < -0.39 is 6.10 Å².